The summed E-state index contributed by atoms with van der Waals surface area (Å²) < 4.78 is 219. The summed E-state index contributed by atoms with van der Waals surface area (Å²) in [4.78, 5) is 0. The Balaban J connectivity index is 6.56. The van der Waals surface area contributed by atoms with Gasteiger partial charge >= 0.3 is 47.6 Å². The summed E-state index contributed by atoms with van der Waals surface area (Å²) in [5, 5.41) is 8.41. The van der Waals surface area contributed by atoms with Gasteiger partial charge in [-0.3, -0.25) is 0 Å². The Morgan fingerprint density at radius 3 is 1.10 bits per heavy atom. The molecule has 0 aliphatic rings. The molecule has 0 aliphatic heterocycles. The second-order valence-corrected chi connectivity index (χ2v) is 7.72. The molecule has 0 aromatic carbocycles. The van der Waals surface area contributed by atoms with E-state index < -0.39 is 71.0 Å². The Labute approximate surface area is 174 Å². The van der Waals surface area contributed by atoms with Crippen molar-refractivity contribution >= 4 is 22.6 Å². The average Bonchev–Trinajstić information content (AvgIpc) is 2.52. The van der Waals surface area contributed by atoms with Crippen molar-refractivity contribution in [2.75, 3.05) is 6.61 Å². The van der Waals surface area contributed by atoms with Crippen molar-refractivity contribution in [3.05, 3.63) is 0 Å². The van der Waals surface area contributed by atoms with E-state index in [4.69, 9.17) is 5.11 Å². The average molecular weight is 618 g/mol. The van der Waals surface area contributed by atoms with Crippen LogP contribution in [-0.4, -0.2) is 63.3 Å². The molecule has 188 valence electrons. The van der Waals surface area contributed by atoms with E-state index >= 15 is 0 Å². The van der Waals surface area contributed by atoms with Crippen molar-refractivity contribution in [3.63, 3.8) is 0 Å². The lowest BCUT2D eigenvalue weighted by atomic mass is 9.88. The Bertz CT molecular complexity index is 625. The molecule has 31 heavy (non-hydrogen) atoms. The molecule has 0 heterocycles. The van der Waals surface area contributed by atoms with E-state index in [2.05, 4.69) is 0 Å². The maximum Gasteiger partial charge on any atom is 0.460 e. The van der Waals surface area contributed by atoms with Crippen molar-refractivity contribution in [1.82, 2.24) is 0 Å². The van der Waals surface area contributed by atoms with Gasteiger partial charge in [0.05, 0.1) is 0 Å². The van der Waals surface area contributed by atoms with Crippen LogP contribution in [0.25, 0.3) is 0 Å². The summed E-state index contributed by atoms with van der Waals surface area (Å²) in [5.41, 5.74) is 0. The van der Waals surface area contributed by atoms with Gasteiger partial charge in [-0.1, -0.05) is 22.6 Å². The van der Waals surface area contributed by atoms with Crippen LogP contribution in [0.5, 0.6) is 0 Å². The fourth-order valence-corrected chi connectivity index (χ4v) is 2.68. The highest BCUT2D eigenvalue weighted by atomic mass is 127. The summed E-state index contributed by atoms with van der Waals surface area (Å²) in [5.74, 6) is -56.2. The van der Waals surface area contributed by atoms with Crippen molar-refractivity contribution < 1.29 is 79.7 Å². The predicted molar refractivity (Wildman–Crippen MR) is 74.8 cm³/mol. The van der Waals surface area contributed by atoms with E-state index in [0.29, 0.717) is 0 Å². The molecule has 0 aromatic rings. The molecule has 1 nitrogen and oxygen atoms in total. The van der Waals surface area contributed by atoms with Crippen LogP contribution in [0.1, 0.15) is 12.8 Å². The number of halogens is 18. The molecule has 1 atom stereocenters. The Morgan fingerprint density at radius 2 is 0.806 bits per heavy atom. The lowest BCUT2D eigenvalue weighted by Crippen LogP contribution is -2.74. The van der Waals surface area contributed by atoms with Gasteiger partial charge in [0.2, 0.25) is 0 Å². The maximum atomic E-state index is 13.5. The van der Waals surface area contributed by atoms with E-state index in [1.165, 1.54) is 0 Å². The maximum absolute atomic E-state index is 13.5. The molecule has 0 saturated carbocycles. The minimum absolute atomic E-state index is 0.806. The van der Waals surface area contributed by atoms with Crippen molar-refractivity contribution in [2.45, 2.75) is 64.4 Å². The molecule has 0 bridgehead atoms. The highest BCUT2D eigenvalue weighted by Crippen LogP contribution is 2.64. The lowest BCUT2D eigenvalue weighted by Gasteiger charge is -2.43. The van der Waals surface area contributed by atoms with Gasteiger partial charge in [0.15, 0.2) is 0 Å². The quantitative estimate of drug-likeness (QED) is 0.167. The number of alkyl halides is 18. The zero-order valence-corrected chi connectivity index (χ0v) is 16.1. The summed E-state index contributed by atoms with van der Waals surface area (Å²) >= 11 is 0.806. The predicted octanol–water partition coefficient (Wildman–Crippen LogP) is 6.57. The van der Waals surface area contributed by atoms with Crippen LogP contribution < -0.4 is 0 Å². The van der Waals surface area contributed by atoms with Crippen LogP contribution in [0.4, 0.5) is 74.6 Å². The first-order valence-electron chi connectivity index (χ1n) is 7.17. The molecule has 0 amide bonds. The van der Waals surface area contributed by atoms with Crippen LogP contribution in [0.2, 0.25) is 0 Å². The summed E-state index contributed by atoms with van der Waals surface area (Å²) in [7, 11) is 0. The number of aliphatic hydroxyl groups excluding tert-OH is 1. The first-order valence-corrected chi connectivity index (χ1v) is 8.41. The molecule has 0 spiro atoms. The first kappa shape index (κ1) is 30.5. The molecule has 0 saturated heterocycles. The van der Waals surface area contributed by atoms with E-state index in [0.717, 1.165) is 22.6 Å². The number of hydrogen-bond acceptors (Lipinski definition) is 1. The van der Waals surface area contributed by atoms with Crippen LogP contribution >= 0.6 is 22.6 Å². The summed E-state index contributed by atoms with van der Waals surface area (Å²) in [6.07, 6.45) is -11.2. The normalized spacial score (nSPS) is 17.1. The molecular weight excluding hydrogens is 610 g/mol. The van der Waals surface area contributed by atoms with Crippen molar-refractivity contribution in [3.8, 4) is 0 Å². The molecular formula is C12H8F17IO. The van der Waals surface area contributed by atoms with E-state index in [-0.39, 0.29) is 0 Å². The van der Waals surface area contributed by atoms with Crippen LogP contribution in [-0.2, 0) is 0 Å². The number of aliphatic hydroxyl groups is 1. The van der Waals surface area contributed by atoms with E-state index in [1.807, 2.05) is 0 Å². The van der Waals surface area contributed by atoms with Gasteiger partial charge in [-0.05, 0) is 6.42 Å². The lowest BCUT2D eigenvalue weighted by molar-refractivity contribution is -0.461. The van der Waals surface area contributed by atoms with Crippen LogP contribution in [0.15, 0.2) is 0 Å². The highest BCUT2D eigenvalue weighted by molar-refractivity contribution is 14.1. The van der Waals surface area contributed by atoms with Gasteiger partial charge < -0.3 is 5.11 Å². The fraction of sp³-hybridized carbons (Fsp3) is 1.00. The smallest absolute Gasteiger partial charge is 0.396 e. The van der Waals surface area contributed by atoms with Gasteiger partial charge in [-0.2, -0.15) is 74.6 Å². The standard InChI is InChI=1S/C12H8F17IO/c13-5(14,3-4(30)1-2-31)6(15,16)7(17,18)8(19,20)9(21,22)10(23,24)11(25,26)12(27,28)29/h4,31H,1-3H2. The molecule has 0 radical (unpaired) electrons. The monoisotopic (exact) mass is 618 g/mol. The Morgan fingerprint density at radius 1 is 0.516 bits per heavy atom. The molecule has 0 rings (SSSR count). The molecule has 0 aromatic heterocycles. The second kappa shape index (κ2) is 8.37. The zero-order valence-electron chi connectivity index (χ0n) is 13.9. The Hall–Kier alpha value is -0.500. The zero-order chi connectivity index (χ0) is 25.7. The summed E-state index contributed by atoms with van der Waals surface area (Å²) in [6, 6.07) is 0. The van der Waals surface area contributed by atoms with Crippen LogP contribution in [0.3, 0.4) is 0 Å². The van der Waals surface area contributed by atoms with Crippen molar-refractivity contribution in [2.24, 2.45) is 0 Å². The Kier molecular flexibility index (Phi) is 8.24. The molecule has 19 heteroatoms. The minimum atomic E-state index is -8.61. The first-order chi connectivity index (χ1) is 13.2. The van der Waals surface area contributed by atoms with E-state index in [1.54, 1.807) is 0 Å². The number of hydrogen-bond donors (Lipinski definition) is 1. The second-order valence-electron chi connectivity index (χ2n) is 5.96. The SMILES string of the molecule is OCCC(I)CC(F)(F)C(F)(F)C(F)(F)C(F)(F)C(F)(F)C(F)(F)C(F)(F)C(F)(F)F. The minimum Gasteiger partial charge on any atom is -0.396 e. The molecule has 1 unspecified atom stereocenters. The third-order valence-corrected chi connectivity index (χ3v) is 4.77. The fourth-order valence-electron chi connectivity index (χ4n) is 1.84. The van der Waals surface area contributed by atoms with Gasteiger partial charge in [0.25, 0.3) is 0 Å². The topological polar surface area (TPSA) is 20.2 Å². The third-order valence-electron chi connectivity index (χ3n) is 3.71. The van der Waals surface area contributed by atoms with Crippen LogP contribution in [0, 0.1) is 0 Å². The van der Waals surface area contributed by atoms with Crippen molar-refractivity contribution in [1.29, 1.82) is 0 Å². The third kappa shape index (κ3) is 4.49. The largest absolute Gasteiger partial charge is 0.460 e. The van der Waals surface area contributed by atoms with Gasteiger partial charge in [-0.15, -0.1) is 0 Å². The highest BCUT2D eigenvalue weighted by Gasteiger charge is 2.95. The molecule has 1 N–H and O–H groups in total. The van der Waals surface area contributed by atoms with Gasteiger partial charge in [0.1, 0.15) is 0 Å². The van der Waals surface area contributed by atoms with Gasteiger partial charge in [0, 0.05) is 17.0 Å². The van der Waals surface area contributed by atoms with Gasteiger partial charge in [-0.25, -0.2) is 0 Å². The van der Waals surface area contributed by atoms with E-state index in [9.17, 15) is 74.6 Å². The summed E-state index contributed by atoms with van der Waals surface area (Å²) in [6.45, 7) is -1.04. The molecule has 0 fully saturated rings. The molecule has 0 aliphatic carbocycles. The number of rotatable bonds is 10.